The fraction of sp³-hybridized carbons (Fsp3) is 0.933. The van der Waals surface area contributed by atoms with E-state index in [0.717, 1.165) is 44.3 Å². The fourth-order valence-corrected chi connectivity index (χ4v) is 3.21. The second kappa shape index (κ2) is 12.2. The highest BCUT2D eigenvalue weighted by molar-refractivity contribution is 8.00. The van der Waals surface area contributed by atoms with Gasteiger partial charge in [0.2, 0.25) is 0 Å². The Morgan fingerprint density at radius 2 is 1.76 bits per heavy atom. The predicted octanol–water partition coefficient (Wildman–Crippen LogP) is 5.35. The number of halogens is 3. The van der Waals surface area contributed by atoms with Crippen molar-refractivity contribution in [2.75, 3.05) is 12.9 Å². The third-order valence-corrected chi connectivity index (χ3v) is 4.56. The number of hydrogen-bond donors (Lipinski definition) is 0. The zero-order valence-corrected chi connectivity index (χ0v) is 13.8. The molecule has 0 aliphatic carbocycles. The minimum Gasteiger partial charge on any atom is -0.468 e. The Balaban J connectivity index is 3.70. The lowest BCUT2D eigenvalue weighted by Crippen LogP contribution is -2.19. The van der Waals surface area contributed by atoms with Gasteiger partial charge in [0.1, 0.15) is 5.25 Å². The molecule has 0 N–H and O–H groups in total. The van der Waals surface area contributed by atoms with Crippen LogP contribution in [0.25, 0.3) is 0 Å². The maximum absolute atomic E-state index is 12.0. The average Bonchev–Trinajstić information content (AvgIpc) is 2.42. The van der Waals surface area contributed by atoms with E-state index in [4.69, 9.17) is 4.74 Å². The SMILES string of the molecule is CCCCCC(SCCCCCCC(F)(F)F)C(=O)OC. The zero-order valence-electron chi connectivity index (χ0n) is 13.0. The van der Waals surface area contributed by atoms with E-state index in [2.05, 4.69) is 6.92 Å². The molecule has 0 aromatic heterocycles. The molecule has 0 bridgehead atoms. The standard InChI is InChI=1S/C15H27F3O2S/c1-3-4-7-10-13(14(19)20-2)21-12-9-6-5-8-11-15(16,17)18/h13H,3-12H2,1-2H3. The lowest BCUT2D eigenvalue weighted by molar-refractivity contribution is -0.140. The number of esters is 1. The molecule has 21 heavy (non-hydrogen) atoms. The molecule has 1 unspecified atom stereocenters. The van der Waals surface area contributed by atoms with E-state index in [0.29, 0.717) is 6.42 Å². The van der Waals surface area contributed by atoms with Gasteiger partial charge in [-0.25, -0.2) is 0 Å². The molecule has 0 aromatic rings. The van der Waals surface area contributed by atoms with E-state index < -0.39 is 12.6 Å². The zero-order chi connectivity index (χ0) is 16.1. The first-order valence-corrected chi connectivity index (χ1v) is 8.71. The number of carbonyl (C=O) groups is 1. The molecule has 0 saturated heterocycles. The van der Waals surface area contributed by atoms with Gasteiger partial charge in [0.05, 0.1) is 7.11 Å². The van der Waals surface area contributed by atoms with Crippen LogP contribution in [0.2, 0.25) is 0 Å². The van der Waals surface area contributed by atoms with E-state index in [9.17, 15) is 18.0 Å². The molecule has 0 aromatic carbocycles. The van der Waals surface area contributed by atoms with E-state index in [1.807, 2.05) is 0 Å². The number of methoxy groups -OCH3 is 1. The van der Waals surface area contributed by atoms with Crippen LogP contribution >= 0.6 is 11.8 Å². The molecule has 0 aliphatic rings. The van der Waals surface area contributed by atoms with E-state index in [-0.39, 0.29) is 17.6 Å². The quantitative estimate of drug-likeness (QED) is 0.356. The molecule has 0 spiro atoms. The number of hydrogen-bond acceptors (Lipinski definition) is 3. The highest BCUT2D eigenvalue weighted by atomic mass is 32.2. The molecule has 6 heteroatoms. The lowest BCUT2D eigenvalue weighted by atomic mass is 10.1. The maximum atomic E-state index is 12.0. The van der Waals surface area contributed by atoms with Crippen molar-refractivity contribution in [3.8, 4) is 0 Å². The van der Waals surface area contributed by atoms with E-state index in [1.165, 1.54) is 7.11 Å². The van der Waals surface area contributed by atoms with Crippen LogP contribution in [0.15, 0.2) is 0 Å². The first kappa shape index (κ1) is 20.6. The molecular formula is C15H27F3O2S. The first-order valence-electron chi connectivity index (χ1n) is 7.67. The van der Waals surface area contributed by atoms with Gasteiger partial charge in [-0.1, -0.05) is 39.0 Å². The van der Waals surface area contributed by atoms with Crippen molar-refractivity contribution in [3.05, 3.63) is 0 Å². The van der Waals surface area contributed by atoms with Crippen LogP contribution in [0, 0.1) is 0 Å². The van der Waals surface area contributed by atoms with Crippen LogP contribution in [0.5, 0.6) is 0 Å². The summed E-state index contributed by atoms with van der Waals surface area (Å²) < 4.78 is 40.7. The number of alkyl halides is 3. The van der Waals surface area contributed by atoms with Gasteiger partial charge in [-0.3, -0.25) is 4.79 Å². The molecule has 0 saturated carbocycles. The Morgan fingerprint density at radius 1 is 1.10 bits per heavy atom. The third kappa shape index (κ3) is 13.0. The molecule has 2 nitrogen and oxygen atoms in total. The van der Waals surface area contributed by atoms with Gasteiger partial charge in [-0.15, -0.1) is 11.8 Å². The highest BCUT2D eigenvalue weighted by Crippen LogP contribution is 2.24. The molecule has 0 fully saturated rings. The number of thioether (sulfide) groups is 1. The Kier molecular flexibility index (Phi) is 12.0. The van der Waals surface area contributed by atoms with Crippen molar-refractivity contribution in [3.63, 3.8) is 0 Å². The van der Waals surface area contributed by atoms with Crippen molar-refractivity contribution in [2.45, 2.75) is 76.1 Å². The minimum atomic E-state index is -4.04. The predicted molar refractivity (Wildman–Crippen MR) is 81.5 cm³/mol. The molecule has 0 amide bonds. The Hall–Kier alpha value is -0.390. The Bertz CT molecular complexity index is 270. The Labute approximate surface area is 130 Å². The summed E-state index contributed by atoms with van der Waals surface area (Å²) in [5.41, 5.74) is 0. The minimum absolute atomic E-state index is 0.128. The lowest BCUT2D eigenvalue weighted by Gasteiger charge is -2.14. The molecular weight excluding hydrogens is 301 g/mol. The molecule has 0 aliphatic heterocycles. The van der Waals surface area contributed by atoms with E-state index >= 15 is 0 Å². The van der Waals surface area contributed by atoms with Crippen molar-refractivity contribution in [1.29, 1.82) is 0 Å². The molecule has 126 valence electrons. The van der Waals surface area contributed by atoms with Gasteiger partial charge in [0, 0.05) is 6.42 Å². The van der Waals surface area contributed by atoms with Crippen LogP contribution in [0.4, 0.5) is 13.2 Å². The van der Waals surface area contributed by atoms with Crippen molar-refractivity contribution < 1.29 is 22.7 Å². The van der Waals surface area contributed by atoms with Crippen LogP contribution in [0.1, 0.15) is 64.7 Å². The highest BCUT2D eigenvalue weighted by Gasteiger charge is 2.25. The number of unbranched alkanes of at least 4 members (excludes halogenated alkanes) is 5. The topological polar surface area (TPSA) is 26.3 Å². The second-order valence-electron chi connectivity index (χ2n) is 5.16. The van der Waals surface area contributed by atoms with Gasteiger partial charge >= 0.3 is 12.1 Å². The molecule has 1 atom stereocenters. The average molecular weight is 328 g/mol. The first-order chi connectivity index (χ1) is 9.90. The van der Waals surface area contributed by atoms with Crippen molar-refractivity contribution in [2.24, 2.45) is 0 Å². The summed E-state index contributed by atoms with van der Waals surface area (Å²) in [6.45, 7) is 2.11. The monoisotopic (exact) mass is 328 g/mol. The summed E-state index contributed by atoms with van der Waals surface area (Å²) >= 11 is 1.57. The van der Waals surface area contributed by atoms with Gasteiger partial charge in [0.25, 0.3) is 0 Å². The second-order valence-corrected chi connectivity index (χ2v) is 6.47. The van der Waals surface area contributed by atoms with Gasteiger partial charge in [-0.2, -0.15) is 13.2 Å². The summed E-state index contributed by atoms with van der Waals surface area (Å²) in [4.78, 5) is 11.6. The maximum Gasteiger partial charge on any atom is 0.389 e. The largest absolute Gasteiger partial charge is 0.468 e. The molecule has 0 rings (SSSR count). The molecule has 0 radical (unpaired) electrons. The Morgan fingerprint density at radius 3 is 2.33 bits per heavy atom. The summed E-state index contributed by atoms with van der Waals surface area (Å²) in [7, 11) is 1.40. The number of carbonyl (C=O) groups excluding carboxylic acids is 1. The smallest absolute Gasteiger partial charge is 0.389 e. The van der Waals surface area contributed by atoms with E-state index in [1.54, 1.807) is 11.8 Å². The number of ether oxygens (including phenoxy) is 1. The van der Waals surface area contributed by atoms with Crippen LogP contribution in [-0.2, 0) is 9.53 Å². The number of rotatable bonds is 12. The van der Waals surface area contributed by atoms with Gasteiger partial charge in [-0.05, 0) is 25.0 Å². The van der Waals surface area contributed by atoms with Gasteiger partial charge < -0.3 is 4.74 Å². The van der Waals surface area contributed by atoms with Crippen LogP contribution in [0.3, 0.4) is 0 Å². The van der Waals surface area contributed by atoms with Crippen LogP contribution < -0.4 is 0 Å². The summed E-state index contributed by atoms with van der Waals surface area (Å²) in [5, 5.41) is -0.128. The summed E-state index contributed by atoms with van der Waals surface area (Å²) in [6.07, 6.45) is 1.74. The summed E-state index contributed by atoms with van der Waals surface area (Å²) in [6, 6.07) is 0. The normalized spacial score (nSPS) is 13.2. The van der Waals surface area contributed by atoms with Gasteiger partial charge in [0.15, 0.2) is 0 Å². The van der Waals surface area contributed by atoms with Crippen molar-refractivity contribution >= 4 is 17.7 Å². The van der Waals surface area contributed by atoms with Crippen molar-refractivity contribution in [1.82, 2.24) is 0 Å². The summed E-state index contributed by atoms with van der Waals surface area (Å²) in [5.74, 6) is 0.617. The fourth-order valence-electron chi connectivity index (χ4n) is 1.99. The third-order valence-electron chi connectivity index (χ3n) is 3.21. The molecule has 0 heterocycles. The van der Waals surface area contributed by atoms with Crippen LogP contribution in [-0.4, -0.2) is 30.3 Å².